The molecule has 2 nitrogen and oxygen atoms in total. The first-order valence-electron chi connectivity index (χ1n) is 3.25. The Kier molecular flexibility index (Phi) is 1.90. The predicted octanol–water partition coefficient (Wildman–Crippen LogP) is 0.631. The third-order valence-electron chi connectivity index (χ3n) is 1.46. The zero-order valence-corrected chi connectivity index (χ0v) is 6.59. The van der Waals surface area contributed by atoms with E-state index in [1.807, 2.05) is 0 Å². The lowest BCUT2D eigenvalue weighted by Crippen LogP contribution is -2.51. The lowest BCUT2D eigenvalue weighted by Gasteiger charge is -2.28. The summed E-state index contributed by atoms with van der Waals surface area (Å²) in [5.41, 5.74) is 0. The summed E-state index contributed by atoms with van der Waals surface area (Å²) in [6, 6.07) is 1.07. The van der Waals surface area contributed by atoms with Crippen molar-refractivity contribution in [1.82, 2.24) is 10.6 Å². The van der Waals surface area contributed by atoms with E-state index in [4.69, 9.17) is 12.2 Å². The van der Waals surface area contributed by atoms with Gasteiger partial charge in [-0.2, -0.15) is 0 Å². The Balaban J connectivity index is 2.43. The summed E-state index contributed by atoms with van der Waals surface area (Å²) in [7, 11) is 0. The van der Waals surface area contributed by atoms with E-state index < -0.39 is 0 Å². The van der Waals surface area contributed by atoms with E-state index in [-0.39, 0.29) is 0 Å². The molecule has 52 valence electrons. The molecule has 0 aromatic carbocycles. The van der Waals surface area contributed by atoms with Gasteiger partial charge in [0.05, 0.1) is 0 Å². The van der Waals surface area contributed by atoms with Gasteiger partial charge < -0.3 is 10.6 Å². The molecular weight excluding hydrogens is 132 g/mol. The van der Waals surface area contributed by atoms with Gasteiger partial charge in [0.1, 0.15) is 0 Å². The van der Waals surface area contributed by atoms with E-state index >= 15 is 0 Å². The maximum absolute atomic E-state index is 4.94. The fourth-order valence-corrected chi connectivity index (χ4v) is 1.54. The SMILES string of the molecule is C[C@@H]1C[C@@H](C)NC(=S)N1. The summed E-state index contributed by atoms with van der Waals surface area (Å²) in [6.07, 6.45) is 1.15. The standard InChI is InChI=1S/C6H12N2S/c1-4-3-5(2)8-6(9)7-4/h4-5H,3H2,1-2H3,(H2,7,8,9)/t4-,5-/m1/s1. The molecule has 2 N–H and O–H groups in total. The third kappa shape index (κ3) is 1.82. The second kappa shape index (κ2) is 2.52. The molecule has 0 aromatic rings. The molecule has 1 aliphatic heterocycles. The fourth-order valence-electron chi connectivity index (χ4n) is 1.14. The summed E-state index contributed by atoms with van der Waals surface area (Å²) in [5.74, 6) is 0. The Bertz CT molecular complexity index is 112. The Morgan fingerprint density at radius 2 is 1.78 bits per heavy atom. The molecule has 1 aliphatic rings. The zero-order valence-electron chi connectivity index (χ0n) is 5.77. The largest absolute Gasteiger partial charge is 0.360 e. The second-order valence-electron chi connectivity index (χ2n) is 2.66. The van der Waals surface area contributed by atoms with Crippen molar-refractivity contribution in [3.63, 3.8) is 0 Å². The van der Waals surface area contributed by atoms with Crippen LogP contribution in [0.1, 0.15) is 20.3 Å². The molecular formula is C6H12N2S. The Morgan fingerprint density at radius 3 is 2.11 bits per heavy atom. The van der Waals surface area contributed by atoms with E-state index in [0.29, 0.717) is 12.1 Å². The van der Waals surface area contributed by atoms with E-state index in [0.717, 1.165) is 11.5 Å². The number of hydrogen-bond donors (Lipinski definition) is 2. The van der Waals surface area contributed by atoms with Crippen LogP contribution in [0.2, 0.25) is 0 Å². The number of thiocarbonyl (C=S) groups is 1. The van der Waals surface area contributed by atoms with Gasteiger partial charge in [-0.1, -0.05) is 0 Å². The normalized spacial score (nSPS) is 35.1. The fraction of sp³-hybridized carbons (Fsp3) is 0.833. The van der Waals surface area contributed by atoms with Crippen LogP contribution in [0.15, 0.2) is 0 Å². The molecule has 0 saturated carbocycles. The first-order chi connectivity index (χ1) is 4.18. The van der Waals surface area contributed by atoms with E-state index in [2.05, 4.69) is 24.5 Å². The number of rotatable bonds is 0. The van der Waals surface area contributed by atoms with Gasteiger partial charge in [-0.15, -0.1) is 0 Å². The van der Waals surface area contributed by atoms with Crippen LogP contribution in [0.4, 0.5) is 0 Å². The summed E-state index contributed by atoms with van der Waals surface area (Å²) in [5, 5.41) is 7.05. The zero-order chi connectivity index (χ0) is 6.85. The van der Waals surface area contributed by atoms with Crippen molar-refractivity contribution >= 4 is 17.3 Å². The van der Waals surface area contributed by atoms with Gasteiger partial charge in [-0.05, 0) is 32.5 Å². The Hall–Kier alpha value is -0.310. The van der Waals surface area contributed by atoms with Crippen molar-refractivity contribution in [1.29, 1.82) is 0 Å². The van der Waals surface area contributed by atoms with Crippen LogP contribution in [0, 0.1) is 0 Å². The van der Waals surface area contributed by atoms with Crippen molar-refractivity contribution < 1.29 is 0 Å². The van der Waals surface area contributed by atoms with Gasteiger partial charge in [0, 0.05) is 12.1 Å². The molecule has 9 heavy (non-hydrogen) atoms. The highest BCUT2D eigenvalue weighted by molar-refractivity contribution is 7.80. The van der Waals surface area contributed by atoms with Gasteiger partial charge in [-0.3, -0.25) is 0 Å². The quantitative estimate of drug-likeness (QED) is 0.488. The summed E-state index contributed by atoms with van der Waals surface area (Å²) >= 11 is 4.94. The minimum absolute atomic E-state index is 0.536. The predicted molar refractivity (Wildman–Crippen MR) is 42.4 cm³/mol. The average Bonchev–Trinajstić information content (AvgIpc) is 1.59. The van der Waals surface area contributed by atoms with Crippen molar-refractivity contribution in [2.24, 2.45) is 0 Å². The monoisotopic (exact) mass is 144 g/mol. The van der Waals surface area contributed by atoms with Crippen LogP contribution in [-0.2, 0) is 0 Å². The molecule has 1 fully saturated rings. The highest BCUT2D eigenvalue weighted by atomic mass is 32.1. The van der Waals surface area contributed by atoms with Gasteiger partial charge in [0.2, 0.25) is 0 Å². The summed E-state index contributed by atoms with van der Waals surface area (Å²) in [6.45, 7) is 4.28. The molecule has 0 unspecified atom stereocenters. The molecule has 1 heterocycles. The first-order valence-corrected chi connectivity index (χ1v) is 3.66. The minimum Gasteiger partial charge on any atom is -0.360 e. The number of nitrogens with one attached hydrogen (secondary N) is 2. The van der Waals surface area contributed by atoms with Gasteiger partial charge in [0.25, 0.3) is 0 Å². The minimum atomic E-state index is 0.536. The second-order valence-corrected chi connectivity index (χ2v) is 3.06. The molecule has 0 aromatic heterocycles. The third-order valence-corrected chi connectivity index (χ3v) is 1.70. The molecule has 0 bridgehead atoms. The molecule has 0 radical (unpaired) electrons. The number of hydrogen-bond acceptors (Lipinski definition) is 1. The molecule has 1 saturated heterocycles. The lowest BCUT2D eigenvalue weighted by molar-refractivity contribution is 0.467. The first kappa shape index (κ1) is 6.81. The van der Waals surface area contributed by atoms with Crippen molar-refractivity contribution in [3.8, 4) is 0 Å². The molecule has 0 spiro atoms. The maximum Gasteiger partial charge on any atom is 0.166 e. The highest BCUT2D eigenvalue weighted by Gasteiger charge is 2.15. The molecule has 1 rings (SSSR count). The molecule has 3 heteroatoms. The van der Waals surface area contributed by atoms with Gasteiger partial charge in [0.15, 0.2) is 5.11 Å². The lowest BCUT2D eigenvalue weighted by atomic mass is 10.1. The average molecular weight is 144 g/mol. The van der Waals surface area contributed by atoms with Crippen molar-refractivity contribution in [3.05, 3.63) is 0 Å². The van der Waals surface area contributed by atoms with Crippen molar-refractivity contribution in [2.45, 2.75) is 32.4 Å². The highest BCUT2D eigenvalue weighted by Crippen LogP contribution is 2.01. The Labute approximate surface area is 61.0 Å². The van der Waals surface area contributed by atoms with Crippen LogP contribution >= 0.6 is 12.2 Å². The van der Waals surface area contributed by atoms with E-state index in [1.54, 1.807) is 0 Å². The maximum atomic E-state index is 4.94. The van der Waals surface area contributed by atoms with Gasteiger partial charge >= 0.3 is 0 Å². The molecule has 2 atom stereocenters. The summed E-state index contributed by atoms with van der Waals surface area (Å²) < 4.78 is 0. The van der Waals surface area contributed by atoms with Crippen LogP contribution in [0.5, 0.6) is 0 Å². The van der Waals surface area contributed by atoms with Crippen LogP contribution in [0.3, 0.4) is 0 Å². The van der Waals surface area contributed by atoms with Crippen LogP contribution in [0.25, 0.3) is 0 Å². The molecule has 0 aliphatic carbocycles. The smallest absolute Gasteiger partial charge is 0.166 e. The summed E-state index contributed by atoms with van der Waals surface area (Å²) in [4.78, 5) is 0. The van der Waals surface area contributed by atoms with Crippen LogP contribution in [-0.4, -0.2) is 17.2 Å². The van der Waals surface area contributed by atoms with Crippen LogP contribution < -0.4 is 10.6 Å². The molecule has 0 amide bonds. The Morgan fingerprint density at radius 1 is 1.33 bits per heavy atom. The topological polar surface area (TPSA) is 24.1 Å². The van der Waals surface area contributed by atoms with Crippen molar-refractivity contribution in [2.75, 3.05) is 0 Å². The van der Waals surface area contributed by atoms with Gasteiger partial charge in [-0.25, -0.2) is 0 Å². The van der Waals surface area contributed by atoms with E-state index in [9.17, 15) is 0 Å². The van der Waals surface area contributed by atoms with E-state index in [1.165, 1.54) is 0 Å².